The van der Waals surface area contributed by atoms with Crippen LogP contribution in [0, 0.1) is 4.01 Å². The van der Waals surface area contributed by atoms with Gasteiger partial charge in [0.15, 0.2) is 0 Å². The summed E-state index contributed by atoms with van der Waals surface area (Å²) in [5.74, 6) is 0. The van der Waals surface area contributed by atoms with E-state index < -0.39 is 11.9 Å². The Labute approximate surface area is 149 Å². The van der Waals surface area contributed by atoms with Gasteiger partial charge in [-0.2, -0.15) is 0 Å². The molecule has 0 aliphatic heterocycles. The third-order valence-electron chi connectivity index (χ3n) is 3.45. The van der Waals surface area contributed by atoms with E-state index in [1.807, 2.05) is 30.3 Å². The Balaban J connectivity index is 2.99. The Morgan fingerprint density at radius 1 is 0.826 bits per heavy atom. The number of hydrogen-bond donors (Lipinski definition) is 0. The molecule has 0 atom stereocenters. The van der Waals surface area contributed by atoms with Gasteiger partial charge in [0, 0.05) is 0 Å². The molecule has 5 heteroatoms. The van der Waals surface area contributed by atoms with Crippen LogP contribution in [0.25, 0.3) is 0 Å². The summed E-state index contributed by atoms with van der Waals surface area (Å²) >= 11 is -3.21. The molecule has 130 valence electrons. The fraction of sp³-hybridized carbons (Fsp3) is 0.444. The zero-order valence-electron chi connectivity index (χ0n) is 14.6. The first-order valence-corrected chi connectivity index (χ1v) is 13.9. The first-order valence-electron chi connectivity index (χ1n) is 7.59. The van der Waals surface area contributed by atoms with Crippen LogP contribution >= 0.6 is 19.4 Å². The second-order valence-corrected chi connectivity index (χ2v) is 16.8. The van der Waals surface area contributed by atoms with Crippen molar-refractivity contribution < 1.29 is 11.9 Å². The van der Waals surface area contributed by atoms with Crippen LogP contribution in [0.3, 0.4) is 0 Å². The van der Waals surface area contributed by atoms with Crippen LogP contribution in [-0.2, 0) is 23.0 Å². The minimum absolute atomic E-state index is 0.0772. The molecule has 0 spiro atoms. The van der Waals surface area contributed by atoms with Crippen molar-refractivity contribution >= 4 is 24.0 Å². The van der Waals surface area contributed by atoms with E-state index in [1.165, 1.54) is 0 Å². The van der Waals surface area contributed by atoms with Gasteiger partial charge in [0.2, 0.25) is 0 Å². The minimum atomic E-state index is -3.21. The van der Waals surface area contributed by atoms with Crippen molar-refractivity contribution in [3.05, 3.63) is 52.3 Å². The van der Waals surface area contributed by atoms with Gasteiger partial charge in [0.1, 0.15) is 0 Å². The third-order valence-corrected chi connectivity index (χ3v) is 8.86. The molecule has 0 aliphatic rings. The summed E-state index contributed by atoms with van der Waals surface area (Å²) in [6, 6.07) is 10.1. The average molecular weight is 442 g/mol. The van der Waals surface area contributed by atoms with Gasteiger partial charge in [-0.3, -0.25) is 0 Å². The Morgan fingerprint density at radius 2 is 1.26 bits per heavy atom. The number of aromatic nitrogens is 2. The molecule has 1 heterocycles. The van der Waals surface area contributed by atoms with Crippen molar-refractivity contribution in [2.45, 2.75) is 52.6 Å². The summed E-state index contributed by atoms with van der Waals surface area (Å²) in [4.78, 5) is 0. The predicted octanol–water partition coefficient (Wildman–Crippen LogP) is 5.64. The van der Waals surface area contributed by atoms with E-state index >= 15 is 0 Å². The van der Waals surface area contributed by atoms with Crippen molar-refractivity contribution in [1.29, 1.82) is 0 Å². The zero-order chi connectivity index (χ0) is 17.5. The maximum absolute atomic E-state index is 7.00. The van der Waals surface area contributed by atoms with Crippen molar-refractivity contribution in [3.8, 4) is 0 Å². The summed E-state index contributed by atoms with van der Waals surface area (Å²) in [6.45, 7) is 13.1. The average Bonchev–Trinajstić information content (AvgIpc) is 2.84. The molecule has 0 bridgehead atoms. The quantitative estimate of drug-likeness (QED) is 0.506. The number of nitrogens with zero attached hydrogens (tertiary/aromatic N) is 2. The van der Waals surface area contributed by atoms with Gasteiger partial charge in [-0.25, -0.2) is 0 Å². The van der Waals surface area contributed by atoms with Gasteiger partial charge in [-0.15, -0.1) is 0 Å². The number of benzene rings is 1. The van der Waals surface area contributed by atoms with Crippen molar-refractivity contribution in [2.75, 3.05) is 0 Å². The summed E-state index contributed by atoms with van der Waals surface area (Å²) < 4.78 is 7.56. The molecular weight excluding hydrogens is 416 g/mol. The molecule has 2 aromatic rings. The first-order chi connectivity index (χ1) is 10.4. The van der Waals surface area contributed by atoms with Crippen LogP contribution in [0.15, 0.2) is 42.7 Å². The van der Waals surface area contributed by atoms with Crippen LogP contribution in [0.2, 0.25) is 0 Å². The molecule has 1 aromatic heterocycles. The van der Waals surface area contributed by atoms with E-state index in [0.29, 0.717) is 0 Å². The van der Waals surface area contributed by atoms with E-state index in [2.05, 4.69) is 67.7 Å². The fourth-order valence-corrected chi connectivity index (χ4v) is 8.70. The Hall–Kier alpha value is -0.497. The van der Waals surface area contributed by atoms with Gasteiger partial charge in [-0.05, 0) is 0 Å². The van der Waals surface area contributed by atoms with Gasteiger partial charge < -0.3 is 0 Å². The van der Waals surface area contributed by atoms with Crippen LogP contribution in [-0.4, -0.2) is 13.7 Å². The molecule has 2 rings (SSSR count). The van der Waals surface area contributed by atoms with E-state index in [9.17, 15) is 0 Å². The van der Waals surface area contributed by atoms with Gasteiger partial charge in [-0.1, -0.05) is 0 Å². The number of rotatable bonds is 1. The van der Waals surface area contributed by atoms with Crippen molar-refractivity contribution in [3.63, 3.8) is 0 Å². The van der Waals surface area contributed by atoms with Crippen LogP contribution in [0.4, 0.5) is 0 Å². The molecule has 0 radical (unpaired) electrons. The second-order valence-electron chi connectivity index (χ2n) is 7.59. The molecule has 0 amide bonds. The van der Waals surface area contributed by atoms with Crippen molar-refractivity contribution in [2.24, 2.45) is 0 Å². The topological polar surface area (TPSA) is 9.86 Å². The standard InChI is InChI=1S/C11H20N2.C7H6.2ClH.Ru/c1-10(2,3)12-7-8-13(9-12)11(4,5)6;1-7-5-3-2-4-6-7;;;/h7-8H,1-6H3;1-6H;2*1H;/q;;;;+2/p-2. The summed E-state index contributed by atoms with van der Waals surface area (Å²) in [6.07, 6.45) is 4.19. The van der Waals surface area contributed by atoms with Gasteiger partial charge >= 0.3 is 150 Å². The monoisotopic (exact) mass is 442 g/mol. The molecule has 2 nitrogen and oxygen atoms in total. The number of hydrogen-bond acceptors (Lipinski definition) is 0. The molecular formula is C18H26Cl2N2Ru. The molecule has 23 heavy (non-hydrogen) atoms. The Bertz CT molecular complexity index is 795. The van der Waals surface area contributed by atoms with E-state index in [1.54, 1.807) is 0 Å². The van der Waals surface area contributed by atoms with E-state index in [0.717, 1.165) is 9.58 Å². The summed E-state index contributed by atoms with van der Waals surface area (Å²) in [5.41, 5.74) is 0.921. The Kier molecular flexibility index (Phi) is 5.26. The van der Waals surface area contributed by atoms with Gasteiger partial charge in [0.05, 0.1) is 0 Å². The van der Waals surface area contributed by atoms with Crippen LogP contribution < -0.4 is 0 Å². The fourth-order valence-electron chi connectivity index (χ4n) is 2.30. The number of imidazole rings is 1. The van der Waals surface area contributed by atoms with Crippen LogP contribution in [0.1, 0.15) is 47.1 Å². The normalized spacial score (nSPS) is 13.9. The molecule has 0 saturated carbocycles. The molecule has 0 unspecified atom stereocenters. The van der Waals surface area contributed by atoms with Crippen LogP contribution in [0.5, 0.6) is 0 Å². The van der Waals surface area contributed by atoms with E-state index in [4.69, 9.17) is 19.4 Å². The van der Waals surface area contributed by atoms with Crippen molar-refractivity contribution in [1.82, 2.24) is 9.13 Å². The second kappa shape index (κ2) is 6.43. The van der Waals surface area contributed by atoms with Gasteiger partial charge in [0.25, 0.3) is 0 Å². The third kappa shape index (κ3) is 4.32. The zero-order valence-corrected chi connectivity index (χ0v) is 17.9. The SMILES string of the molecule is CC(C)(C)n1ccn(C(C)(C)C)[c]1=[Ru]([Cl])([Cl])=[CH]c1ccccc1. The molecule has 0 saturated heterocycles. The summed E-state index contributed by atoms with van der Waals surface area (Å²) in [5, 5.41) is 0. The molecule has 0 N–H and O–H groups in total. The maximum atomic E-state index is 7.00. The van der Waals surface area contributed by atoms with E-state index in [-0.39, 0.29) is 11.1 Å². The number of halogens is 2. The first kappa shape index (κ1) is 18.8. The molecule has 0 fully saturated rings. The molecule has 1 aromatic carbocycles. The Morgan fingerprint density at radius 3 is 1.65 bits per heavy atom. The predicted molar refractivity (Wildman–Crippen MR) is 99.0 cm³/mol. The summed E-state index contributed by atoms with van der Waals surface area (Å²) in [7, 11) is 14.0. The molecule has 0 aliphatic carbocycles.